The molecule has 0 aliphatic carbocycles. The first-order chi connectivity index (χ1) is 14.2. The van der Waals surface area contributed by atoms with Crippen LogP contribution in [0.2, 0.25) is 0 Å². The van der Waals surface area contributed by atoms with E-state index in [0.29, 0.717) is 6.54 Å². The van der Waals surface area contributed by atoms with Gasteiger partial charge in [0.05, 0.1) is 6.54 Å². The van der Waals surface area contributed by atoms with Crippen LogP contribution >= 0.6 is 27.7 Å². The van der Waals surface area contributed by atoms with Crippen LogP contribution < -0.4 is 5.32 Å². The van der Waals surface area contributed by atoms with Crippen LogP contribution in [-0.4, -0.2) is 14.8 Å². The lowest BCUT2D eigenvalue weighted by molar-refractivity contribution is 0.841. The molecular weight excluding hydrogens is 444 g/mol. The Bertz CT molecular complexity index is 994. The molecule has 3 aromatic carbocycles. The number of anilines is 1. The van der Waals surface area contributed by atoms with Crippen molar-refractivity contribution in [2.45, 2.75) is 24.4 Å². The monoisotopic (exact) mass is 464 g/mol. The molecule has 0 saturated carbocycles. The number of nitrogens with zero attached hydrogens (tertiary/aromatic N) is 3. The molecule has 6 heteroatoms. The van der Waals surface area contributed by atoms with E-state index in [1.165, 1.54) is 11.1 Å². The summed E-state index contributed by atoms with van der Waals surface area (Å²) in [6, 6.07) is 27.0. The van der Waals surface area contributed by atoms with Crippen LogP contribution in [-0.2, 0) is 12.3 Å². The fourth-order valence-corrected chi connectivity index (χ4v) is 4.12. The maximum atomic E-state index is 4.48. The van der Waals surface area contributed by atoms with Gasteiger partial charge in [0, 0.05) is 21.6 Å². The molecule has 29 heavy (non-hydrogen) atoms. The summed E-state index contributed by atoms with van der Waals surface area (Å²) in [5, 5.41) is 13.3. The SMILES string of the molecule is Cc1ccc(NCc2nnc(SCc3ccc(Br)cc3)n2-c2ccccc2)cc1. The van der Waals surface area contributed by atoms with Crippen LogP contribution in [0.25, 0.3) is 5.69 Å². The zero-order valence-electron chi connectivity index (χ0n) is 16.0. The molecule has 146 valence electrons. The molecule has 4 nitrogen and oxygen atoms in total. The topological polar surface area (TPSA) is 42.7 Å². The molecule has 0 radical (unpaired) electrons. The summed E-state index contributed by atoms with van der Waals surface area (Å²) < 4.78 is 3.22. The smallest absolute Gasteiger partial charge is 0.196 e. The maximum absolute atomic E-state index is 4.48. The van der Waals surface area contributed by atoms with Gasteiger partial charge in [-0.1, -0.05) is 75.7 Å². The second-order valence-corrected chi connectivity index (χ2v) is 8.56. The van der Waals surface area contributed by atoms with E-state index in [-0.39, 0.29) is 0 Å². The van der Waals surface area contributed by atoms with Gasteiger partial charge in [-0.05, 0) is 48.9 Å². The highest BCUT2D eigenvalue weighted by atomic mass is 79.9. The highest BCUT2D eigenvalue weighted by molar-refractivity contribution is 9.10. The third-order valence-electron chi connectivity index (χ3n) is 4.50. The van der Waals surface area contributed by atoms with Crippen LogP contribution in [0.3, 0.4) is 0 Å². The second-order valence-electron chi connectivity index (χ2n) is 6.70. The van der Waals surface area contributed by atoms with Crippen molar-refractivity contribution in [3.05, 3.63) is 100 Å². The molecule has 0 aliphatic heterocycles. The van der Waals surface area contributed by atoms with Crippen molar-refractivity contribution in [1.82, 2.24) is 14.8 Å². The summed E-state index contributed by atoms with van der Waals surface area (Å²) in [6.07, 6.45) is 0. The number of hydrogen-bond donors (Lipinski definition) is 1. The molecule has 4 rings (SSSR count). The van der Waals surface area contributed by atoms with Crippen molar-refractivity contribution in [2.24, 2.45) is 0 Å². The van der Waals surface area contributed by atoms with Gasteiger partial charge in [-0.15, -0.1) is 10.2 Å². The van der Waals surface area contributed by atoms with E-state index in [0.717, 1.165) is 32.6 Å². The third kappa shape index (κ3) is 5.08. The minimum Gasteiger partial charge on any atom is -0.378 e. The average Bonchev–Trinajstić information content (AvgIpc) is 3.16. The van der Waals surface area contributed by atoms with Gasteiger partial charge < -0.3 is 5.32 Å². The molecule has 1 N–H and O–H groups in total. The molecule has 0 unspecified atom stereocenters. The lowest BCUT2D eigenvalue weighted by atomic mass is 10.2. The molecule has 0 bridgehead atoms. The van der Waals surface area contributed by atoms with Gasteiger partial charge >= 0.3 is 0 Å². The minimum absolute atomic E-state index is 0.601. The van der Waals surface area contributed by atoms with Crippen LogP contribution in [0.1, 0.15) is 17.0 Å². The lowest BCUT2D eigenvalue weighted by Gasteiger charge is -2.11. The molecule has 0 spiro atoms. The Morgan fingerprint density at radius 2 is 1.62 bits per heavy atom. The van der Waals surface area contributed by atoms with Gasteiger partial charge in [-0.25, -0.2) is 0 Å². The summed E-state index contributed by atoms with van der Waals surface area (Å²) >= 11 is 5.18. The number of nitrogens with one attached hydrogen (secondary N) is 1. The van der Waals surface area contributed by atoms with Crippen molar-refractivity contribution >= 4 is 33.4 Å². The average molecular weight is 465 g/mol. The number of benzene rings is 3. The Morgan fingerprint density at radius 3 is 2.34 bits per heavy atom. The zero-order chi connectivity index (χ0) is 20.1. The van der Waals surface area contributed by atoms with E-state index in [4.69, 9.17) is 0 Å². The molecule has 1 heterocycles. The van der Waals surface area contributed by atoms with Crippen LogP contribution in [0.5, 0.6) is 0 Å². The maximum Gasteiger partial charge on any atom is 0.196 e. The molecule has 0 atom stereocenters. The first-order valence-corrected chi connectivity index (χ1v) is 11.1. The van der Waals surface area contributed by atoms with Gasteiger partial charge in [0.15, 0.2) is 11.0 Å². The Hall–Kier alpha value is -2.57. The second kappa shape index (κ2) is 9.29. The van der Waals surface area contributed by atoms with Crippen molar-refractivity contribution in [2.75, 3.05) is 5.32 Å². The minimum atomic E-state index is 0.601. The number of aryl methyl sites for hydroxylation is 1. The first kappa shape index (κ1) is 19.7. The Balaban J connectivity index is 1.56. The summed E-state index contributed by atoms with van der Waals surface area (Å²) in [7, 11) is 0. The van der Waals surface area contributed by atoms with Crippen molar-refractivity contribution in [3.63, 3.8) is 0 Å². The van der Waals surface area contributed by atoms with E-state index in [2.05, 4.69) is 104 Å². The number of aromatic nitrogens is 3. The summed E-state index contributed by atoms with van der Waals surface area (Å²) in [6.45, 7) is 2.69. The van der Waals surface area contributed by atoms with Gasteiger partial charge in [-0.2, -0.15) is 0 Å². The van der Waals surface area contributed by atoms with Crippen molar-refractivity contribution < 1.29 is 0 Å². The van der Waals surface area contributed by atoms with E-state index in [1.807, 2.05) is 18.2 Å². The highest BCUT2D eigenvalue weighted by Gasteiger charge is 2.14. The van der Waals surface area contributed by atoms with Crippen molar-refractivity contribution in [3.8, 4) is 5.69 Å². The number of halogens is 1. The third-order valence-corrected chi connectivity index (χ3v) is 6.03. The van der Waals surface area contributed by atoms with Gasteiger partial charge in [0.2, 0.25) is 0 Å². The summed E-state index contributed by atoms with van der Waals surface area (Å²) in [5.74, 6) is 1.72. The van der Waals surface area contributed by atoms with E-state index >= 15 is 0 Å². The molecule has 4 aromatic rings. The Morgan fingerprint density at radius 1 is 0.897 bits per heavy atom. The van der Waals surface area contributed by atoms with Crippen LogP contribution in [0.15, 0.2) is 88.5 Å². The first-order valence-electron chi connectivity index (χ1n) is 9.36. The molecule has 0 fully saturated rings. The number of hydrogen-bond acceptors (Lipinski definition) is 4. The van der Waals surface area contributed by atoms with Crippen LogP contribution in [0.4, 0.5) is 5.69 Å². The van der Waals surface area contributed by atoms with E-state index < -0.39 is 0 Å². The predicted octanol–water partition coefficient (Wildman–Crippen LogP) is 6.24. The number of rotatable bonds is 7. The normalized spacial score (nSPS) is 10.8. The van der Waals surface area contributed by atoms with E-state index in [1.54, 1.807) is 11.8 Å². The molecule has 1 aromatic heterocycles. The lowest BCUT2D eigenvalue weighted by Crippen LogP contribution is -2.08. The molecule has 0 amide bonds. The fraction of sp³-hybridized carbons (Fsp3) is 0.130. The summed E-state index contributed by atoms with van der Waals surface area (Å²) in [4.78, 5) is 0. The van der Waals surface area contributed by atoms with Gasteiger partial charge in [0.25, 0.3) is 0 Å². The van der Waals surface area contributed by atoms with E-state index in [9.17, 15) is 0 Å². The number of thioether (sulfide) groups is 1. The predicted molar refractivity (Wildman–Crippen MR) is 124 cm³/mol. The molecule has 0 saturated heterocycles. The largest absolute Gasteiger partial charge is 0.378 e. The Kier molecular flexibility index (Phi) is 6.32. The van der Waals surface area contributed by atoms with Crippen molar-refractivity contribution in [1.29, 1.82) is 0 Å². The standard InChI is InChI=1S/C23H21BrN4S/c1-17-7-13-20(14-8-17)25-15-22-26-27-23(28(22)21-5-3-2-4-6-21)29-16-18-9-11-19(24)12-10-18/h2-14,25H,15-16H2,1H3. The van der Waals surface area contributed by atoms with Gasteiger partial charge in [-0.3, -0.25) is 4.57 Å². The summed E-state index contributed by atoms with van der Waals surface area (Å²) in [5.41, 5.74) is 4.63. The highest BCUT2D eigenvalue weighted by Crippen LogP contribution is 2.26. The van der Waals surface area contributed by atoms with Crippen LogP contribution in [0, 0.1) is 6.92 Å². The molecular formula is C23H21BrN4S. The molecule has 0 aliphatic rings. The quantitative estimate of drug-likeness (QED) is 0.328. The fourth-order valence-electron chi connectivity index (χ4n) is 2.93. The number of para-hydroxylation sites is 1. The zero-order valence-corrected chi connectivity index (χ0v) is 18.5. The Labute approximate surface area is 183 Å². The van der Waals surface area contributed by atoms with Gasteiger partial charge in [0.1, 0.15) is 0 Å².